The van der Waals surface area contributed by atoms with Gasteiger partial charge >= 0.3 is 0 Å². The first kappa shape index (κ1) is 41.6. The number of terminal acetylenes is 1. The largest absolute Gasteiger partial charge is 0.390 e. The summed E-state index contributed by atoms with van der Waals surface area (Å²) in [5.74, 6) is 0.933. The Bertz CT molecular complexity index is 1150. The topological polar surface area (TPSA) is 119 Å². The predicted octanol–water partition coefficient (Wildman–Crippen LogP) is 5.53. The Hall–Kier alpha value is -1.81. The van der Waals surface area contributed by atoms with E-state index in [4.69, 9.17) is 6.42 Å². The molecule has 0 spiro atoms. The highest BCUT2D eigenvalue weighted by molar-refractivity contribution is 7.89. The van der Waals surface area contributed by atoms with Gasteiger partial charge in [-0.05, 0) is 82.5 Å². The number of sulfonamides is 1. The molecule has 282 valence electrons. The standard InChI is InChI=1S/C37H64F2N4O5S/c1-5-9-17-43(41-49(47,48)26-28-13-11-10-12-14-28)25-35(44)34(22-29-20-32(38)24-33(39)21-29)40-36(45)30-18-27(8-4)19-31(23-30)37(46)42(15-6-2)16-7-3/h4,27-35,41,44H,5-7,9-26H2,1-3H3,(H,40,45). The van der Waals surface area contributed by atoms with Gasteiger partial charge in [-0.2, -0.15) is 0 Å². The first-order valence-corrected chi connectivity index (χ1v) is 20.8. The zero-order valence-electron chi connectivity index (χ0n) is 30.3. The molecule has 3 aliphatic carbocycles. The van der Waals surface area contributed by atoms with Crippen LogP contribution in [0.15, 0.2) is 0 Å². The van der Waals surface area contributed by atoms with Crippen molar-refractivity contribution in [1.82, 2.24) is 20.1 Å². The highest BCUT2D eigenvalue weighted by Crippen LogP contribution is 2.36. The van der Waals surface area contributed by atoms with Crippen LogP contribution in [0.25, 0.3) is 0 Å². The minimum Gasteiger partial charge on any atom is -0.390 e. The fourth-order valence-corrected chi connectivity index (χ4v) is 9.82. The number of nitrogens with one attached hydrogen (secondary N) is 2. The molecule has 0 saturated heterocycles. The molecule has 0 heterocycles. The van der Waals surface area contributed by atoms with E-state index in [-0.39, 0.29) is 61.6 Å². The number of alkyl halides is 2. The van der Waals surface area contributed by atoms with Gasteiger partial charge in [0.1, 0.15) is 12.3 Å². The quantitative estimate of drug-likeness (QED) is 0.120. The Balaban J connectivity index is 1.78. The molecule has 12 heteroatoms. The number of hydrogen-bond donors (Lipinski definition) is 3. The van der Waals surface area contributed by atoms with Crippen LogP contribution in [0.4, 0.5) is 8.78 Å². The number of aliphatic hydroxyl groups is 1. The summed E-state index contributed by atoms with van der Waals surface area (Å²) in [6.45, 7) is 7.59. The predicted molar refractivity (Wildman–Crippen MR) is 190 cm³/mol. The third-order valence-corrected chi connectivity index (χ3v) is 12.1. The van der Waals surface area contributed by atoms with Gasteiger partial charge in [0.15, 0.2) is 0 Å². The van der Waals surface area contributed by atoms with Crippen LogP contribution >= 0.6 is 0 Å². The molecule has 0 aromatic heterocycles. The molecule has 3 N–H and O–H groups in total. The molecule has 7 atom stereocenters. The molecule has 49 heavy (non-hydrogen) atoms. The van der Waals surface area contributed by atoms with Gasteiger partial charge in [0.2, 0.25) is 21.8 Å². The molecule has 3 saturated carbocycles. The molecule has 0 aliphatic heterocycles. The van der Waals surface area contributed by atoms with Crippen LogP contribution in [0, 0.1) is 41.9 Å². The maximum atomic E-state index is 14.5. The number of halogens is 2. The van der Waals surface area contributed by atoms with Crippen molar-refractivity contribution in [3.8, 4) is 12.3 Å². The maximum absolute atomic E-state index is 14.5. The Morgan fingerprint density at radius 3 is 2.10 bits per heavy atom. The normalized spacial score (nSPS) is 28.0. The number of carbonyl (C=O) groups excluding carboxylic acids is 2. The molecular formula is C37H64F2N4O5S. The number of carbonyl (C=O) groups is 2. The summed E-state index contributed by atoms with van der Waals surface area (Å²) in [6, 6.07) is -0.876. The molecule has 0 radical (unpaired) electrons. The fourth-order valence-electron chi connectivity index (χ4n) is 8.23. The van der Waals surface area contributed by atoms with Gasteiger partial charge < -0.3 is 15.3 Å². The molecule has 9 nitrogen and oxygen atoms in total. The summed E-state index contributed by atoms with van der Waals surface area (Å²) >= 11 is 0. The van der Waals surface area contributed by atoms with Gasteiger partial charge in [0.05, 0.1) is 17.9 Å². The van der Waals surface area contributed by atoms with E-state index in [0.717, 1.165) is 51.4 Å². The molecular weight excluding hydrogens is 650 g/mol. The molecule has 3 fully saturated rings. The van der Waals surface area contributed by atoms with Gasteiger partial charge in [-0.1, -0.05) is 46.5 Å². The SMILES string of the molecule is C#CC1CC(C(=O)NC(CC2CC(F)CC(F)C2)C(O)CN(CCCC)NS(=O)(=O)CC2CCCCC2)CC(C(=O)N(CCC)CCC)C1. The number of unbranched alkanes of at least 4 members (excludes halogenated alkanes) is 1. The summed E-state index contributed by atoms with van der Waals surface area (Å²) in [6.07, 6.45) is 11.6. The highest BCUT2D eigenvalue weighted by Gasteiger charge is 2.39. The first-order valence-electron chi connectivity index (χ1n) is 19.1. The lowest BCUT2D eigenvalue weighted by molar-refractivity contribution is -0.139. The number of rotatable bonds is 19. The minimum absolute atomic E-state index is 0.00953. The summed E-state index contributed by atoms with van der Waals surface area (Å²) in [4.78, 5) is 32.1. The van der Waals surface area contributed by atoms with E-state index in [2.05, 4.69) is 16.1 Å². The van der Waals surface area contributed by atoms with Gasteiger partial charge in [0.25, 0.3) is 0 Å². The first-order chi connectivity index (χ1) is 23.4. The van der Waals surface area contributed by atoms with Crippen LogP contribution in [0.5, 0.6) is 0 Å². The van der Waals surface area contributed by atoms with Crippen LogP contribution in [0.1, 0.15) is 124 Å². The molecule has 0 aromatic rings. The highest BCUT2D eigenvalue weighted by atomic mass is 32.2. The summed E-state index contributed by atoms with van der Waals surface area (Å²) in [7, 11) is -3.68. The number of hydrazine groups is 1. The average molecular weight is 715 g/mol. The smallest absolute Gasteiger partial charge is 0.225 e. The van der Waals surface area contributed by atoms with Crippen LogP contribution < -0.4 is 10.1 Å². The van der Waals surface area contributed by atoms with E-state index in [1.54, 1.807) is 0 Å². The van der Waals surface area contributed by atoms with E-state index in [0.29, 0.717) is 45.3 Å². The van der Waals surface area contributed by atoms with Crippen molar-refractivity contribution >= 4 is 21.8 Å². The summed E-state index contributed by atoms with van der Waals surface area (Å²) in [5, 5.41) is 16.2. The van der Waals surface area contributed by atoms with Crippen molar-refractivity contribution < 1.29 is 31.9 Å². The second-order valence-electron chi connectivity index (χ2n) is 15.2. The lowest BCUT2D eigenvalue weighted by atomic mass is 9.74. The number of nitrogens with zero attached hydrogens (tertiary/aromatic N) is 2. The lowest BCUT2D eigenvalue weighted by Gasteiger charge is -2.37. The van der Waals surface area contributed by atoms with Gasteiger partial charge in [-0.3, -0.25) is 9.59 Å². The van der Waals surface area contributed by atoms with Crippen LogP contribution in [0.3, 0.4) is 0 Å². The van der Waals surface area contributed by atoms with Crippen LogP contribution in [-0.4, -0.2) is 91.7 Å². The lowest BCUT2D eigenvalue weighted by Crippen LogP contribution is -2.55. The maximum Gasteiger partial charge on any atom is 0.225 e. The summed E-state index contributed by atoms with van der Waals surface area (Å²) < 4.78 is 55.4. The molecule has 0 aromatic carbocycles. The number of aliphatic hydroxyl groups excluding tert-OH is 1. The summed E-state index contributed by atoms with van der Waals surface area (Å²) in [5.41, 5.74) is 0. The van der Waals surface area contributed by atoms with Crippen LogP contribution in [-0.2, 0) is 19.6 Å². The third-order valence-electron chi connectivity index (χ3n) is 10.7. The van der Waals surface area contributed by atoms with Crippen molar-refractivity contribution in [2.75, 3.05) is 31.9 Å². The Morgan fingerprint density at radius 1 is 0.878 bits per heavy atom. The van der Waals surface area contributed by atoms with Crippen molar-refractivity contribution in [2.24, 2.45) is 29.6 Å². The number of hydrogen-bond acceptors (Lipinski definition) is 6. The molecule has 2 amide bonds. The Labute approximate surface area is 295 Å². The number of amides is 2. The minimum atomic E-state index is -3.68. The van der Waals surface area contributed by atoms with Crippen LogP contribution in [0.2, 0.25) is 0 Å². The van der Waals surface area contributed by atoms with Gasteiger partial charge in [-0.25, -0.2) is 22.2 Å². The van der Waals surface area contributed by atoms with E-state index < -0.39 is 52.3 Å². The molecule has 7 unspecified atom stereocenters. The Kier molecular flexibility index (Phi) is 17.7. The fraction of sp³-hybridized carbons (Fsp3) is 0.892. The Morgan fingerprint density at radius 2 is 1.51 bits per heavy atom. The zero-order chi connectivity index (χ0) is 36.0. The van der Waals surface area contributed by atoms with Crippen molar-refractivity contribution in [1.29, 1.82) is 0 Å². The van der Waals surface area contributed by atoms with E-state index in [1.165, 1.54) is 5.01 Å². The third kappa shape index (κ3) is 14.0. The van der Waals surface area contributed by atoms with Crippen molar-refractivity contribution in [3.05, 3.63) is 0 Å². The second-order valence-corrected chi connectivity index (χ2v) is 16.9. The van der Waals surface area contributed by atoms with E-state index in [1.807, 2.05) is 25.7 Å². The van der Waals surface area contributed by atoms with Crippen molar-refractivity contribution in [2.45, 2.75) is 148 Å². The van der Waals surface area contributed by atoms with Crippen molar-refractivity contribution in [3.63, 3.8) is 0 Å². The van der Waals surface area contributed by atoms with Gasteiger partial charge in [0, 0.05) is 50.4 Å². The monoisotopic (exact) mass is 714 g/mol. The van der Waals surface area contributed by atoms with E-state index in [9.17, 15) is 31.9 Å². The zero-order valence-corrected chi connectivity index (χ0v) is 31.1. The average Bonchev–Trinajstić information content (AvgIpc) is 3.05. The second kappa shape index (κ2) is 20.9. The molecule has 3 aliphatic rings. The van der Waals surface area contributed by atoms with E-state index >= 15 is 0 Å². The molecule has 3 rings (SSSR count). The van der Waals surface area contributed by atoms with Gasteiger partial charge in [-0.15, -0.1) is 17.2 Å². The molecule has 0 bridgehead atoms.